The Morgan fingerprint density at radius 1 is 1.40 bits per heavy atom. The van der Waals surface area contributed by atoms with E-state index in [-0.39, 0.29) is 5.82 Å². The van der Waals surface area contributed by atoms with Crippen molar-refractivity contribution in [3.05, 3.63) is 22.7 Å². The van der Waals surface area contributed by atoms with Crippen molar-refractivity contribution in [1.29, 1.82) is 0 Å². The van der Waals surface area contributed by atoms with E-state index in [0.717, 1.165) is 10.8 Å². The van der Waals surface area contributed by atoms with Crippen LogP contribution in [0.1, 0.15) is 6.23 Å². The van der Waals surface area contributed by atoms with Gasteiger partial charge in [0, 0.05) is 6.20 Å². The number of nitrogen functional groups attached to an aromatic ring is 1. The summed E-state index contributed by atoms with van der Waals surface area (Å²) in [6, 6.07) is 1.24. The van der Waals surface area contributed by atoms with Crippen molar-refractivity contribution in [2.24, 2.45) is 0 Å². The van der Waals surface area contributed by atoms with Crippen LogP contribution >= 0.6 is 14.5 Å². The zero-order valence-electron chi connectivity index (χ0n) is 12.1. The Labute approximate surface area is 145 Å². The van der Waals surface area contributed by atoms with Crippen molar-refractivity contribution in [1.82, 2.24) is 9.55 Å². The largest absolute Gasteiger partial charge is 0.812 e. The van der Waals surface area contributed by atoms with Crippen LogP contribution in [-0.4, -0.2) is 44.7 Å². The fraction of sp³-hybridized carbons (Fsp3) is 0.556. The van der Waals surface area contributed by atoms with E-state index in [9.17, 15) is 34.3 Å². The standard InChI is InChI=1S/C9H15N3O10P2S/c10-5-1-2-12(9(15)11-5)8-7(14)6(13)4(21-8)3-20-23(16,17)22-24(18,19)25/h1-2,4,6-8,13-14H,3H2,(H,16,17)(H2,10,11,15)(H2,18,19,25)/p-3/t4-,6-,7-,8-/m1/s1. The minimum absolute atomic E-state index is 0.0791. The van der Waals surface area contributed by atoms with Crippen molar-refractivity contribution >= 4 is 32.2 Å². The van der Waals surface area contributed by atoms with Gasteiger partial charge in [0.2, 0.25) is 0 Å². The summed E-state index contributed by atoms with van der Waals surface area (Å²) in [4.78, 5) is 47.8. The highest BCUT2D eigenvalue weighted by atomic mass is 32.5. The zero-order valence-corrected chi connectivity index (χ0v) is 14.7. The number of aliphatic hydroxyl groups is 2. The maximum Gasteiger partial charge on any atom is 0.351 e. The molecule has 0 aromatic carbocycles. The van der Waals surface area contributed by atoms with Gasteiger partial charge in [0.25, 0.3) is 7.82 Å². The van der Waals surface area contributed by atoms with E-state index in [1.54, 1.807) is 0 Å². The normalized spacial score (nSPS) is 29.5. The summed E-state index contributed by atoms with van der Waals surface area (Å²) in [5.41, 5.74) is 4.45. The van der Waals surface area contributed by atoms with Crippen molar-refractivity contribution < 1.29 is 43.0 Å². The Bertz CT molecular complexity index is 783. The van der Waals surface area contributed by atoms with Crippen LogP contribution in [0.2, 0.25) is 0 Å². The van der Waals surface area contributed by atoms with Crippen LogP contribution in [0.15, 0.2) is 17.1 Å². The summed E-state index contributed by atoms with van der Waals surface area (Å²) >= 11 is 3.78. The van der Waals surface area contributed by atoms with Gasteiger partial charge in [-0.1, -0.05) is 6.72 Å². The predicted octanol–water partition coefficient (Wildman–Crippen LogP) is -4.11. The first-order chi connectivity index (χ1) is 11.4. The van der Waals surface area contributed by atoms with Crippen LogP contribution in [0.3, 0.4) is 0 Å². The molecule has 16 heteroatoms. The first-order valence-corrected chi connectivity index (χ1v) is 10.5. The highest BCUT2D eigenvalue weighted by molar-refractivity contribution is 8.06. The number of phosphoric ester groups is 1. The maximum atomic E-state index is 11.7. The van der Waals surface area contributed by atoms with Crippen LogP contribution < -0.4 is 26.1 Å². The smallest absolute Gasteiger partial charge is 0.351 e. The molecule has 1 fully saturated rings. The Morgan fingerprint density at radius 3 is 2.60 bits per heavy atom. The van der Waals surface area contributed by atoms with Gasteiger partial charge in [-0.15, -0.1) is 11.8 Å². The Balaban J connectivity index is 2.08. The first-order valence-electron chi connectivity index (χ1n) is 6.45. The topological polar surface area (TPSA) is 215 Å². The summed E-state index contributed by atoms with van der Waals surface area (Å²) in [5.74, 6) is -0.0791. The van der Waals surface area contributed by atoms with Crippen molar-refractivity contribution in [2.45, 2.75) is 24.5 Å². The second-order valence-electron chi connectivity index (χ2n) is 4.86. The number of hydrogen-bond acceptors (Lipinski definition) is 13. The molecule has 1 unspecified atom stereocenters. The number of nitrogens with zero attached hydrogens (tertiary/aromatic N) is 2. The Kier molecular flexibility index (Phi) is 6.14. The Morgan fingerprint density at radius 2 is 2.04 bits per heavy atom. The minimum atomic E-state index is -5.32. The third-order valence-electron chi connectivity index (χ3n) is 3.06. The van der Waals surface area contributed by atoms with Crippen molar-refractivity contribution in [3.63, 3.8) is 0 Å². The van der Waals surface area contributed by atoms with Crippen LogP contribution in [-0.2, 0) is 29.9 Å². The number of aromatic nitrogens is 2. The summed E-state index contributed by atoms with van der Waals surface area (Å²) in [6.07, 6.45) is -4.96. The van der Waals surface area contributed by atoms with Gasteiger partial charge in [-0.3, -0.25) is 9.13 Å². The molecule has 2 heterocycles. The van der Waals surface area contributed by atoms with E-state index in [1.165, 1.54) is 6.07 Å². The molecule has 0 saturated carbocycles. The first kappa shape index (κ1) is 20.6. The molecule has 1 aromatic heterocycles. The third-order valence-corrected chi connectivity index (χ3v) is 5.73. The number of hydrogen-bond donors (Lipinski definition) is 3. The third kappa shape index (κ3) is 5.36. The van der Waals surface area contributed by atoms with Gasteiger partial charge in [0.15, 0.2) is 6.23 Å². The molecule has 0 amide bonds. The molecule has 0 aliphatic carbocycles. The lowest BCUT2D eigenvalue weighted by Crippen LogP contribution is -2.36. The SMILES string of the molecule is Nc1ccn([C@@H]2O[C@H](COP(=O)([O-])OP([O-])([O-])=S)[C@@H](O)[C@H]2O)c(=O)n1. The highest BCUT2D eigenvalue weighted by Gasteiger charge is 2.44. The molecule has 4 N–H and O–H groups in total. The van der Waals surface area contributed by atoms with Crippen LogP contribution in [0.5, 0.6) is 0 Å². The van der Waals surface area contributed by atoms with Gasteiger partial charge in [0.1, 0.15) is 24.1 Å². The number of ether oxygens (including phenoxy) is 1. The molecular formula is C9H12N3O10P2S-3. The summed E-state index contributed by atoms with van der Waals surface area (Å²) < 4.78 is 25.2. The quantitative estimate of drug-likeness (QED) is 0.376. The molecule has 0 spiro atoms. The number of rotatable bonds is 6. The second-order valence-corrected chi connectivity index (χ2v) is 8.90. The molecule has 0 radical (unpaired) electrons. The predicted molar refractivity (Wildman–Crippen MR) is 77.8 cm³/mol. The van der Waals surface area contributed by atoms with Gasteiger partial charge < -0.3 is 44.2 Å². The van der Waals surface area contributed by atoms with Gasteiger partial charge in [-0.25, -0.2) is 4.79 Å². The summed E-state index contributed by atoms with van der Waals surface area (Å²) in [7, 11) is -5.32. The van der Waals surface area contributed by atoms with Crippen molar-refractivity contribution in [2.75, 3.05) is 12.3 Å². The van der Waals surface area contributed by atoms with E-state index < -0.39 is 51.4 Å². The second kappa shape index (κ2) is 7.47. The molecular weight excluding hydrogens is 404 g/mol. The van der Waals surface area contributed by atoms with E-state index in [1.807, 2.05) is 0 Å². The molecule has 13 nitrogen and oxygen atoms in total. The molecule has 0 bridgehead atoms. The summed E-state index contributed by atoms with van der Waals surface area (Å²) in [5, 5.41) is 19.8. The molecule has 142 valence electrons. The van der Waals surface area contributed by atoms with Crippen LogP contribution in [0, 0.1) is 0 Å². The fourth-order valence-electron chi connectivity index (χ4n) is 2.03. The lowest BCUT2D eigenvalue weighted by atomic mass is 10.1. The number of phosphoric acid groups is 1. The van der Waals surface area contributed by atoms with E-state index >= 15 is 0 Å². The highest BCUT2D eigenvalue weighted by Crippen LogP contribution is 2.50. The van der Waals surface area contributed by atoms with E-state index in [0.29, 0.717) is 0 Å². The van der Waals surface area contributed by atoms with Gasteiger partial charge in [0.05, 0.1) is 6.61 Å². The fourth-order valence-corrected chi connectivity index (χ4v) is 4.26. The molecule has 1 aliphatic rings. The van der Waals surface area contributed by atoms with Crippen molar-refractivity contribution in [3.8, 4) is 0 Å². The Hall–Kier alpha value is -0.760. The molecule has 5 atom stereocenters. The molecule has 2 rings (SSSR count). The number of anilines is 1. The zero-order chi connectivity index (χ0) is 19.0. The lowest BCUT2D eigenvalue weighted by molar-refractivity contribution is -0.320. The van der Waals surface area contributed by atoms with E-state index in [2.05, 4.69) is 25.6 Å². The molecule has 1 aliphatic heterocycles. The molecule has 1 saturated heterocycles. The van der Waals surface area contributed by atoms with E-state index in [4.69, 9.17) is 10.5 Å². The van der Waals surface area contributed by atoms with Crippen LogP contribution in [0.25, 0.3) is 0 Å². The monoisotopic (exact) mass is 416 g/mol. The number of aliphatic hydroxyl groups excluding tert-OH is 2. The molecule has 1 aromatic rings. The minimum Gasteiger partial charge on any atom is -0.812 e. The van der Waals surface area contributed by atoms with Gasteiger partial charge in [-0.05, 0) is 6.07 Å². The number of nitrogens with two attached hydrogens (primary N) is 1. The average molecular weight is 416 g/mol. The maximum absolute atomic E-state index is 11.7. The summed E-state index contributed by atoms with van der Waals surface area (Å²) in [6.45, 7) is -5.93. The lowest BCUT2D eigenvalue weighted by Gasteiger charge is -2.39. The molecule has 25 heavy (non-hydrogen) atoms. The van der Waals surface area contributed by atoms with Gasteiger partial charge >= 0.3 is 5.69 Å². The van der Waals surface area contributed by atoms with Crippen LogP contribution in [0.4, 0.5) is 5.82 Å². The average Bonchev–Trinajstić information content (AvgIpc) is 2.71. The van der Waals surface area contributed by atoms with Gasteiger partial charge in [-0.2, -0.15) is 4.98 Å².